The van der Waals surface area contributed by atoms with E-state index in [2.05, 4.69) is 4.98 Å². The minimum atomic E-state index is -0.144. The van der Waals surface area contributed by atoms with E-state index in [0.717, 1.165) is 5.56 Å². The van der Waals surface area contributed by atoms with Crippen LogP contribution in [-0.4, -0.2) is 10.8 Å². The van der Waals surface area contributed by atoms with Gasteiger partial charge in [-0.1, -0.05) is 6.07 Å². The molecule has 0 saturated carbocycles. The summed E-state index contributed by atoms with van der Waals surface area (Å²) < 4.78 is 0.640. The zero-order chi connectivity index (χ0) is 12.1. The Hall–Kier alpha value is -2.49. The Labute approximate surface area is 98.5 Å². The molecule has 0 amide bonds. The van der Waals surface area contributed by atoms with Crippen LogP contribution in [0.15, 0.2) is 55.1 Å². The van der Waals surface area contributed by atoms with Crippen LogP contribution in [0.25, 0.3) is 6.08 Å². The summed E-state index contributed by atoms with van der Waals surface area (Å²) in [4.78, 5) is 15.7. The maximum atomic E-state index is 11.7. The molecule has 17 heavy (non-hydrogen) atoms. The monoisotopic (exact) mass is 226 g/mol. The molecule has 2 rings (SSSR count). The first-order chi connectivity index (χ1) is 8.25. The molecule has 2 aromatic heterocycles. The van der Waals surface area contributed by atoms with Crippen LogP contribution >= 0.6 is 0 Å². The van der Waals surface area contributed by atoms with Gasteiger partial charge in [-0.05, 0) is 23.8 Å². The molecule has 0 aromatic carbocycles. The Kier molecular flexibility index (Phi) is 3.25. The Morgan fingerprint density at radius 3 is 2.71 bits per heavy atom. The summed E-state index contributed by atoms with van der Waals surface area (Å²) in [7, 11) is 0. The second-order valence-electron chi connectivity index (χ2n) is 3.43. The van der Waals surface area contributed by atoms with E-state index in [0.29, 0.717) is 10.3 Å². The van der Waals surface area contributed by atoms with E-state index in [1.165, 1.54) is 30.6 Å². The van der Waals surface area contributed by atoms with Crippen LogP contribution in [0, 0.1) is 5.21 Å². The van der Waals surface area contributed by atoms with Gasteiger partial charge in [0.15, 0.2) is 18.2 Å². The first-order valence-corrected chi connectivity index (χ1v) is 5.07. The van der Waals surface area contributed by atoms with E-state index in [9.17, 15) is 10.0 Å². The minimum Gasteiger partial charge on any atom is -0.619 e. The lowest BCUT2D eigenvalue weighted by atomic mass is 10.1. The molecule has 4 nitrogen and oxygen atoms in total. The molecule has 2 heterocycles. The van der Waals surface area contributed by atoms with E-state index < -0.39 is 0 Å². The number of rotatable bonds is 3. The van der Waals surface area contributed by atoms with Crippen LogP contribution in [-0.2, 0) is 0 Å². The third kappa shape index (κ3) is 2.98. The number of carbonyl (C=O) groups excluding carboxylic acids is 1. The summed E-state index contributed by atoms with van der Waals surface area (Å²) in [5, 5.41) is 10.8. The predicted molar refractivity (Wildman–Crippen MR) is 63.0 cm³/mol. The topological polar surface area (TPSA) is 56.9 Å². The second-order valence-corrected chi connectivity index (χ2v) is 3.43. The van der Waals surface area contributed by atoms with Crippen LogP contribution in [0.1, 0.15) is 15.9 Å². The van der Waals surface area contributed by atoms with Crippen molar-refractivity contribution < 1.29 is 9.52 Å². The highest BCUT2D eigenvalue weighted by molar-refractivity contribution is 6.06. The number of ketones is 1. The van der Waals surface area contributed by atoms with E-state index in [1.54, 1.807) is 24.5 Å². The van der Waals surface area contributed by atoms with Gasteiger partial charge in [-0.3, -0.25) is 9.78 Å². The molecule has 0 bridgehead atoms. The SMILES string of the molecule is O=C(/C=C/c1cccnc1)c1cc[n+]([O-])cc1. The molecule has 84 valence electrons. The molecule has 0 aliphatic rings. The normalized spacial score (nSPS) is 10.6. The standard InChI is InChI=1S/C13H10N2O2/c16-13(12-5-8-15(17)9-6-12)4-3-11-2-1-7-14-10-11/h1-10H/b4-3+. The van der Waals surface area contributed by atoms with Gasteiger partial charge in [0.1, 0.15) is 0 Å². The Morgan fingerprint density at radius 1 is 1.29 bits per heavy atom. The van der Waals surface area contributed by atoms with Crippen molar-refractivity contribution >= 4 is 11.9 Å². The molecule has 0 saturated heterocycles. The summed E-state index contributed by atoms with van der Waals surface area (Å²) in [6, 6.07) is 6.63. The lowest BCUT2D eigenvalue weighted by Crippen LogP contribution is -2.24. The summed E-state index contributed by atoms with van der Waals surface area (Å²) in [5.74, 6) is -0.144. The van der Waals surface area contributed by atoms with Crippen molar-refractivity contribution in [3.8, 4) is 0 Å². The average molecular weight is 226 g/mol. The van der Waals surface area contributed by atoms with E-state index >= 15 is 0 Å². The molecule has 0 aliphatic heterocycles. The highest BCUT2D eigenvalue weighted by atomic mass is 16.5. The maximum absolute atomic E-state index is 11.7. The quantitative estimate of drug-likeness (QED) is 0.346. The molecular formula is C13H10N2O2. The van der Waals surface area contributed by atoms with Gasteiger partial charge in [-0.15, -0.1) is 0 Å². The zero-order valence-electron chi connectivity index (χ0n) is 8.98. The van der Waals surface area contributed by atoms with E-state index in [1.807, 2.05) is 6.07 Å². The minimum absolute atomic E-state index is 0.144. The Morgan fingerprint density at radius 2 is 2.06 bits per heavy atom. The fourth-order valence-electron chi connectivity index (χ4n) is 1.32. The Balaban J connectivity index is 2.12. The summed E-state index contributed by atoms with van der Waals surface area (Å²) in [6.07, 6.45) is 9.08. The van der Waals surface area contributed by atoms with Crippen molar-refractivity contribution in [2.45, 2.75) is 0 Å². The molecular weight excluding hydrogens is 216 g/mol. The second kappa shape index (κ2) is 5.03. The highest BCUT2D eigenvalue weighted by Crippen LogP contribution is 2.03. The number of allylic oxidation sites excluding steroid dienone is 1. The number of hydrogen-bond donors (Lipinski definition) is 0. The first-order valence-electron chi connectivity index (χ1n) is 5.07. The number of nitrogens with zero attached hydrogens (tertiary/aromatic N) is 2. The summed E-state index contributed by atoms with van der Waals surface area (Å²) >= 11 is 0. The molecule has 0 fully saturated rings. The zero-order valence-corrected chi connectivity index (χ0v) is 8.98. The van der Waals surface area contributed by atoms with Crippen LogP contribution < -0.4 is 4.73 Å². The number of hydrogen-bond acceptors (Lipinski definition) is 3. The molecule has 0 unspecified atom stereocenters. The van der Waals surface area contributed by atoms with Crippen molar-refractivity contribution in [3.63, 3.8) is 0 Å². The van der Waals surface area contributed by atoms with Gasteiger partial charge in [0.2, 0.25) is 0 Å². The maximum Gasteiger partial charge on any atom is 0.186 e. The van der Waals surface area contributed by atoms with Gasteiger partial charge in [0.25, 0.3) is 0 Å². The smallest absolute Gasteiger partial charge is 0.186 e. The van der Waals surface area contributed by atoms with Gasteiger partial charge in [-0.2, -0.15) is 4.73 Å². The van der Waals surface area contributed by atoms with Crippen molar-refractivity contribution in [1.82, 2.24) is 4.98 Å². The summed E-state index contributed by atoms with van der Waals surface area (Å²) in [6.45, 7) is 0. The number of aromatic nitrogens is 2. The molecule has 0 spiro atoms. The van der Waals surface area contributed by atoms with Gasteiger partial charge in [-0.25, -0.2) is 0 Å². The average Bonchev–Trinajstić information content (AvgIpc) is 2.38. The van der Waals surface area contributed by atoms with Crippen molar-refractivity contribution in [3.05, 3.63) is 71.5 Å². The van der Waals surface area contributed by atoms with Crippen LogP contribution in [0.4, 0.5) is 0 Å². The number of carbonyl (C=O) groups is 1. The van der Waals surface area contributed by atoms with E-state index in [-0.39, 0.29) is 5.78 Å². The van der Waals surface area contributed by atoms with Crippen LogP contribution in [0.3, 0.4) is 0 Å². The summed E-state index contributed by atoms with van der Waals surface area (Å²) in [5.41, 5.74) is 1.34. The predicted octanol–water partition coefficient (Wildman–Crippen LogP) is 1.61. The lowest BCUT2D eigenvalue weighted by Gasteiger charge is -1.96. The number of pyridine rings is 2. The van der Waals surface area contributed by atoms with Gasteiger partial charge in [0.05, 0.1) is 0 Å². The van der Waals surface area contributed by atoms with Crippen LogP contribution in [0.2, 0.25) is 0 Å². The lowest BCUT2D eigenvalue weighted by molar-refractivity contribution is -0.605. The fourth-order valence-corrected chi connectivity index (χ4v) is 1.32. The van der Waals surface area contributed by atoms with Crippen molar-refractivity contribution in [1.29, 1.82) is 0 Å². The Bertz CT molecular complexity index is 533. The van der Waals surface area contributed by atoms with E-state index in [4.69, 9.17) is 0 Å². The van der Waals surface area contributed by atoms with Gasteiger partial charge >= 0.3 is 0 Å². The largest absolute Gasteiger partial charge is 0.619 e. The van der Waals surface area contributed by atoms with Gasteiger partial charge < -0.3 is 5.21 Å². The molecule has 2 aromatic rings. The van der Waals surface area contributed by atoms with Crippen molar-refractivity contribution in [2.24, 2.45) is 0 Å². The molecule has 4 heteroatoms. The highest BCUT2D eigenvalue weighted by Gasteiger charge is 2.02. The molecule has 0 N–H and O–H groups in total. The third-order valence-electron chi connectivity index (χ3n) is 2.20. The van der Waals surface area contributed by atoms with Crippen LogP contribution in [0.5, 0.6) is 0 Å². The fraction of sp³-hybridized carbons (Fsp3) is 0. The first kappa shape index (κ1) is 11.0. The third-order valence-corrected chi connectivity index (χ3v) is 2.20. The van der Waals surface area contributed by atoms with Gasteiger partial charge in [0, 0.05) is 30.1 Å². The molecule has 0 aliphatic carbocycles. The molecule has 0 radical (unpaired) electrons. The molecule has 0 atom stereocenters. The van der Waals surface area contributed by atoms with Crippen molar-refractivity contribution in [2.75, 3.05) is 0 Å².